The first-order valence-corrected chi connectivity index (χ1v) is 7.33. The van der Waals surface area contributed by atoms with Gasteiger partial charge in [-0.1, -0.05) is 29.8 Å². The predicted molar refractivity (Wildman–Crippen MR) is 83.0 cm³/mol. The van der Waals surface area contributed by atoms with Gasteiger partial charge in [-0.2, -0.15) is 0 Å². The van der Waals surface area contributed by atoms with Crippen LogP contribution in [0.1, 0.15) is 32.3 Å². The molecule has 0 spiro atoms. The zero-order valence-electron chi connectivity index (χ0n) is 12.3. The van der Waals surface area contributed by atoms with E-state index in [0.717, 1.165) is 41.8 Å². The quantitative estimate of drug-likeness (QED) is 0.828. The Hall–Kier alpha value is -0.740. The lowest BCUT2D eigenvalue weighted by molar-refractivity contribution is 0.310. The van der Waals surface area contributed by atoms with E-state index in [1.165, 1.54) is 5.56 Å². The second-order valence-electron chi connectivity index (χ2n) is 5.49. The summed E-state index contributed by atoms with van der Waals surface area (Å²) in [5.41, 5.74) is 7.09. The predicted octanol–water partition coefficient (Wildman–Crippen LogP) is 3.77. The summed E-state index contributed by atoms with van der Waals surface area (Å²) in [6, 6.07) is 3.91. The monoisotopic (exact) mass is 329 g/mol. The molecule has 0 saturated carbocycles. The van der Waals surface area contributed by atoms with Gasteiger partial charge < -0.3 is 15.2 Å². The maximum Gasteiger partial charge on any atom is 0.126 e. The molecule has 19 heavy (non-hydrogen) atoms. The molecule has 1 aromatic carbocycles. The van der Waals surface area contributed by atoms with Gasteiger partial charge in [-0.25, -0.2) is 0 Å². The number of nitrogens with two attached hydrogens (primary N) is 1. The van der Waals surface area contributed by atoms with Crippen LogP contribution in [-0.4, -0.2) is 20.8 Å². The van der Waals surface area contributed by atoms with E-state index in [0.29, 0.717) is 0 Å². The molecular weight excluding hydrogens is 306 g/mol. The third kappa shape index (κ3) is 4.69. The fraction of sp³-hybridized carbons (Fsp3) is 0.600. The molecular formula is C15H24BrNO2. The summed E-state index contributed by atoms with van der Waals surface area (Å²) < 4.78 is 11.7. The molecule has 1 rings (SSSR count). The van der Waals surface area contributed by atoms with E-state index in [-0.39, 0.29) is 5.41 Å². The van der Waals surface area contributed by atoms with Crippen molar-refractivity contribution in [3.05, 3.63) is 22.2 Å². The van der Waals surface area contributed by atoms with E-state index >= 15 is 0 Å². The summed E-state index contributed by atoms with van der Waals surface area (Å²) in [6.07, 6.45) is 3.06. The second kappa shape index (κ2) is 7.15. The number of rotatable bonds is 7. The number of methoxy groups -OCH3 is 2. The zero-order valence-corrected chi connectivity index (χ0v) is 13.8. The molecule has 0 heterocycles. The van der Waals surface area contributed by atoms with Crippen LogP contribution in [0.3, 0.4) is 0 Å². The number of halogens is 1. The Morgan fingerprint density at radius 1 is 1.16 bits per heavy atom. The minimum atomic E-state index is 0.249. The molecule has 0 aliphatic rings. The Morgan fingerprint density at radius 2 is 1.84 bits per heavy atom. The van der Waals surface area contributed by atoms with Gasteiger partial charge in [0.05, 0.1) is 14.2 Å². The van der Waals surface area contributed by atoms with Crippen LogP contribution >= 0.6 is 15.9 Å². The first-order chi connectivity index (χ1) is 8.93. The lowest BCUT2D eigenvalue weighted by atomic mass is 9.83. The molecule has 0 aliphatic heterocycles. The lowest BCUT2D eigenvalue weighted by Gasteiger charge is -2.24. The van der Waals surface area contributed by atoms with Crippen LogP contribution in [0.4, 0.5) is 0 Å². The third-order valence-corrected chi connectivity index (χ3v) is 4.16. The van der Waals surface area contributed by atoms with Gasteiger partial charge in [0, 0.05) is 16.1 Å². The first kappa shape index (κ1) is 16.3. The summed E-state index contributed by atoms with van der Waals surface area (Å²) in [6.45, 7) is 5.24. The molecule has 108 valence electrons. The highest BCUT2D eigenvalue weighted by molar-refractivity contribution is 9.10. The average Bonchev–Trinajstić information content (AvgIpc) is 2.36. The molecule has 0 aliphatic carbocycles. The maximum atomic E-state index is 5.66. The van der Waals surface area contributed by atoms with Crippen LogP contribution in [0.15, 0.2) is 16.6 Å². The standard InChI is InChI=1S/C15H24BrNO2/c1-15(2,7-8-17)6-5-12-13(16)9-11(18-3)10-14(12)19-4/h9-10H,5-8,17H2,1-4H3. The second-order valence-corrected chi connectivity index (χ2v) is 6.35. The van der Waals surface area contributed by atoms with E-state index in [1.807, 2.05) is 12.1 Å². The number of hydrogen-bond donors (Lipinski definition) is 1. The SMILES string of the molecule is COc1cc(Br)c(CCC(C)(C)CCN)c(OC)c1. The van der Waals surface area contributed by atoms with Crippen molar-refractivity contribution in [2.24, 2.45) is 11.1 Å². The molecule has 1 aromatic rings. The Bertz CT molecular complexity index is 419. The van der Waals surface area contributed by atoms with Gasteiger partial charge in [-0.05, 0) is 37.3 Å². The van der Waals surface area contributed by atoms with Crippen molar-refractivity contribution in [3.8, 4) is 11.5 Å². The molecule has 0 amide bonds. The maximum absolute atomic E-state index is 5.66. The Balaban J connectivity index is 2.88. The van der Waals surface area contributed by atoms with E-state index in [4.69, 9.17) is 15.2 Å². The van der Waals surface area contributed by atoms with Gasteiger partial charge >= 0.3 is 0 Å². The van der Waals surface area contributed by atoms with Crippen molar-refractivity contribution >= 4 is 15.9 Å². The fourth-order valence-corrected chi connectivity index (χ4v) is 2.73. The summed E-state index contributed by atoms with van der Waals surface area (Å²) in [5.74, 6) is 1.67. The Morgan fingerprint density at radius 3 is 2.37 bits per heavy atom. The number of hydrogen-bond acceptors (Lipinski definition) is 3. The van der Waals surface area contributed by atoms with Crippen molar-refractivity contribution in [2.45, 2.75) is 33.1 Å². The number of benzene rings is 1. The molecule has 3 nitrogen and oxygen atoms in total. The molecule has 0 atom stereocenters. The van der Waals surface area contributed by atoms with Crippen LogP contribution in [0.25, 0.3) is 0 Å². The van der Waals surface area contributed by atoms with Gasteiger partial charge in [0.25, 0.3) is 0 Å². The molecule has 4 heteroatoms. The molecule has 0 aromatic heterocycles. The van der Waals surface area contributed by atoms with Crippen LogP contribution in [0.5, 0.6) is 11.5 Å². The largest absolute Gasteiger partial charge is 0.497 e. The van der Waals surface area contributed by atoms with E-state index in [2.05, 4.69) is 29.8 Å². The topological polar surface area (TPSA) is 44.5 Å². The van der Waals surface area contributed by atoms with Crippen molar-refractivity contribution in [3.63, 3.8) is 0 Å². The summed E-state index contributed by atoms with van der Waals surface area (Å²) in [4.78, 5) is 0. The van der Waals surface area contributed by atoms with Crippen molar-refractivity contribution in [1.82, 2.24) is 0 Å². The summed E-state index contributed by atoms with van der Waals surface area (Å²) in [7, 11) is 3.35. The summed E-state index contributed by atoms with van der Waals surface area (Å²) >= 11 is 3.60. The van der Waals surface area contributed by atoms with Crippen LogP contribution < -0.4 is 15.2 Å². The third-order valence-electron chi connectivity index (χ3n) is 3.46. The van der Waals surface area contributed by atoms with Gasteiger partial charge in [0.2, 0.25) is 0 Å². The first-order valence-electron chi connectivity index (χ1n) is 6.54. The van der Waals surface area contributed by atoms with Gasteiger partial charge in [-0.3, -0.25) is 0 Å². The molecule has 0 saturated heterocycles. The Kier molecular flexibility index (Phi) is 6.14. The van der Waals surface area contributed by atoms with Crippen molar-refractivity contribution in [2.75, 3.05) is 20.8 Å². The highest BCUT2D eigenvalue weighted by atomic mass is 79.9. The van der Waals surface area contributed by atoms with E-state index < -0.39 is 0 Å². The number of ether oxygens (including phenoxy) is 2. The lowest BCUT2D eigenvalue weighted by Crippen LogP contribution is -2.18. The van der Waals surface area contributed by atoms with Crippen LogP contribution in [0.2, 0.25) is 0 Å². The smallest absolute Gasteiger partial charge is 0.126 e. The van der Waals surface area contributed by atoms with Gasteiger partial charge in [0.1, 0.15) is 11.5 Å². The van der Waals surface area contributed by atoms with E-state index in [1.54, 1.807) is 14.2 Å². The minimum absolute atomic E-state index is 0.249. The van der Waals surface area contributed by atoms with Crippen molar-refractivity contribution in [1.29, 1.82) is 0 Å². The average molecular weight is 330 g/mol. The molecule has 0 radical (unpaired) electrons. The van der Waals surface area contributed by atoms with E-state index in [9.17, 15) is 0 Å². The molecule has 0 unspecified atom stereocenters. The van der Waals surface area contributed by atoms with Crippen LogP contribution in [-0.2, 0) is 6.42 Å². The molecule has 0 fully saturated rings. The highest BCUT2D eigenvalue weighted by Gasteiger charge is 2.19. The normalized spacial score (nSPS) is 11.5. The Labute approximate surface area is 124 Å². The van der Waals surface area contributed by atoms with Gasteiger partial charge in [-0.15, -0.1) is 0 Å². The minimum Gasteiger partial charge on any atom is -0.497 e. The zero-order chi connectivity index (χ0) is 14.5. The fourth-order valence-electron chi connectivity index (χ4n) is 2.11. The highest BCUT2D eigenvalue weighted by Crippen LogP contribution is 2.36. The van der Waals surface area contributed by atoms with Gasteiger partial charge in [0.15, 0.2) is 0 Å². The van der Waals surface area contributed by atoms with Crippen molar-refractivity contribution < 1.29 is 9.47 Å². The van der Waals surface area contributed by atoms with Crippen LogP contribution in [0, 0.1) is 5.41 Å². The summed E-state index contributed by atoms with van der Waals surface area (Å²) in [5, 5.41) is 0. The molecule has 2 N–H and O–H groups in total. The molecule has 0 bridgehead atoms.